The number of thiazole rings is 1. The first kappa shape index (κ1) is 23.9. The molecule has 2 aromatic heterocycles. The molecule has 188 valence electrons. The van der Waals surface area contributed by atoms with Gasteiger partial charge in [-0.1, -0.05) is 35.1 Å². The first-order valence-corrected chi connectivity index (χ1v) is 13.6. The topological polar surface area (TPSA) is 98.0 Å². The largest absolute Gasteiger partial charge is 0.454 e. The summed E-state index contributed by atoms with van der Waals surface area (Å²) in [5.41, 5.74) is 4.40. The number of hydrogen-bond acceptors (Lipinski definition) is 8. The summed E-state index contributed by atoms with van der Waals surface area (Å²) in [6.45, 7) is 2.73. The molecule has 0 bridgehead atoms. The van der Waals surface area contributed by atoms with E-state index in [1.807, 2.05) is 30.5 Å². The lowest BCUT2D eigenvalue weighted by Crippen LogP contribution is -2.38. The second-order valence-corrected chi connectivity index (χ2v) is 11.2. The first-order valence-electron chi connectivity index (χ1n) is 11.5. The molecule has 2 aliphatic rings. The third-order valence-corrected chi connectivity index (χ3v) is 8.66. The van der Waals surface area contributed by atoms with E-state index in [2.05, 4.69) is 11.1 Å². The SMILES string of the molecule is Cc1sc(N(N)C(=O)Cc2ccc3c(c2)OCO3)nc1-c1ccc2c(c1)CCN2C(=O)c1sccc1Cl. The molecule has 0 fully saturated rings. The van der Waals surface area contributed by atoms with Crippen molar-refractivity contribution in [3.63, 3.8) is 0 Å². The summed E-state index contributed by atoms with van der Waals surface area (Å²) in [5.74, 6) is 7.10. The van der Waals surface area contributed by atoms with Gasteiger partial charge in [0.05, 0.1) is 17.1 Å². The van der Waals surface area contributed by atoms with Crippen LogP contribution in [-0.4, -0.2) is 30.1 Å². The second kappa shape index (κ2) is 9.46. The zero-order valence-corrected chi connectivity index (χ0v) is 22.1. The lowest BCUT2D eigenvalue weighted by Gasteiger charge is -2.17. The number of benzene rings is 2. The lowest BCUT2D eigenvalue weighted by molar-refractivity contribution is -0.118. The van der Waals surface area contributed by atoms with E-state index in [0.717, 1.165) is 44.4 Å². The van der Waals surface area contributed by atoms with Crippen LogP contribution in [0.25, 0.3) is 11.3 Å². The maximum absolute atomic E-state index is 13.0. The van der Waals surface area contributed by atoms with Crippen LogP contribution in [-0.2, 0) is 17.6 Å². The second-order valence-electron chi connectivity index (χ2n) is 8.68. The summed E-state index contributed by atoms with van der Waals surface area (Å²) in [5, 5.41) is 3.82. The maximum Gasteiger partial charge on any atom is 0.269 e. The Morgan fingerprint density at radius 3 is 2.81 bits per heavy atom. The standard InChI is InChI=1S/C26H21ClN4O4S2/c1-14-23(17-3-4-19-16(12-17)6-8-30(19)25(33)24-18(27)7-9-36-24)29-26(37-14)31(28)22(32)11-15-2-5-20-21(10-15)35-13-34-20/h2-5,7,9-10,12H,6,8,11,13,28H2,1H3. The third kappa shape index (κ3) is 4.36. The van der Waals surface area contributed by atoms with Crippen molar-refractivity contribution in [1.29, 1.82) is 0 Å². The predicted molar refractivity (Wildman–Crippen MR) is 145 cm³/mol. The number of nitrogens with two attached hydrogens (primary N) is 1. The van der Waals surface area contributed by atoms with Gasteiger partial charge in [0.1, 0.15) is 4.88 Å². The van der Waals surface area contributed by atoms with Crippen LogP contribution in [0.4, 0.5) is 10.8 Å². The highest BCUT2D eigenvalue weighted by molar-refractivity contribution is 7.16. The zero-order chi connectivity index (χ0) is 25.7. The Bertz CT molecular complexity index is 1550. The molecule has 4 aromatic rings. The normalized spacial score (nSPS) is 13.6. The van der Waals surface area contributed by atoms with Crippen molar-refractivity contribution in [2.45, 2.75) is 19.8 Å². The summed E-state index contributed by atoms with van der Waals surface area (Å²) in [6.07, 6.45) is 0.850. The molecule has 11 heteroatoms. The number of halogens is 1. The molecule has 2 amide bonds. The molecule has 37 heavy (non-hydrogen) atoms. The summed E-state index contributed by atoms with van der Waals surface area (Å²) in [6, 6.07) is 13.1. The molecular weight excluding hydrogens is 532 g/mol. The fourth-order valence-corrected chi connectivity index (χ4v) is 6.45. The molecule has 0 radical (unpaired) electrons. The number of nitrogens with zero attached hydrogens (tertiary/aromatic N) is 3. The molecule has 0 atom stereocenters. The fourth-order valence-electron chi connectivity index (χ4n) is 4.50. The van der Waals surface area contributed by atoms with Crippen molar-refractivity contribution >= 4 is 56.9 Å². The maximum atomic E-state index is 13.0. The van der Waals surface area contributed by atoms with Gasteiger partial charge in [-0.2, -0.15) is 0 Å². The monoisotopic (exact) mass is 552 g/mol. The van der Waals surface area contributed by atoms with Gasteiger partial charge in [0, 0.05) is 22.7 Å². The highest BCUT2D eigenvalue weighted by Crippen LogP contribution is 2.38. The molecular formula is C26H21ClN4O4S2. The number of aryl methyl sites for hydroxylation is 1. The van der Waals surface area contributed by atoms with Gasteiger partial charge in [-0.15, -0.1) is 11.3 Å². The Labute approximate surface area is 225 Å². The van der Waals surface area contributed by atoms with E-state index >= 15 is 0 Å². The van der Waals surface area contributed by atoms with Crippen molar-refractivity contribution in [3.8, 4) is 22.8 Å². The van der Waals surface area contributed by atoms with Crippen molar-refractivity contribution < 1.29 is 19.1 Å². The van der Waals surface area contributed by atoms with E-state index in [0.29, 0.717) is 33.1 Å². The lowest BCUT2D eigenvalue weighted by atomic mass is 10.1. The van der Waals surface area contributed by atoms with Crippen molar-refractivity contribution in [3.05, 3.63) is 73.7 Å². The van der Waals surface area contributed by atoms with E-state index < -0.39 is 0 Å². The van der Waals surface area contributed by atoms with E-state index in [1.54, 1.807) is 23.1 Å². The van der Waals surface area contributed by atoms with Crippen molar-refractivity contribution in [1.82, 2.24) is 4.98 Å². The average Bonchev–Trinajstić information content (AvgIpc) is 3.68. The summed E-state index contributed by atoms with van der Waals surface area (Å²) >= 11 is 8.90. The van der Waals surface area contributed by atoms with Gasteiger partial charge in [-0.05, 0) is 60.2 Å². The van der Waals surface area contributed by atoms with Gasteiger partial charge in [0.2, 0.25) is 17.8 Å². The quantitative estimate of drug-likeness (QED) is 0.207. The number of carbonyl (C=O) groups is 2. The summed E-state index contributed by atoms with van der Waals surface area (Å²) in [7, 11) is 0. The zero-order valence-electron chi connectivity index (χ0n) is 19.7. The fraction of sp³-hybridized carbons (Fsp3) is 0.192. The van der Waals surface area contributed by atoms with Crippen LogP contribution in [0.5, 0.6) is 11.5 Å². The van der Waals surface area contributed by atoms with Crippen LogP contribution >= 0.6 is 34.3 Å². The summed E-state index contributed by atoms with van der Waals surface area (Å²) in [4.78, 5) is 33.9. The number of fused-ring (bicyclic) bond motifs is 2. The molecule has 0 aliphatic carbocycles. The third-order valence-electron chi connectivity index (χ3n) is 6.36. The molecule has 0 spiro atoms. The van der Waals surface area contributed by atoms with Crippen LogP contribution in [0.3, 0.4) is 0 Å². The number of aromatic nitrogens is 1. The van der Waals surface area contributed by atoms with E-state index in [9.17, 15) is 9.59 Å². The average molecular weight is 553 g/mol. The number of carbonyl (C=O) groups excluding carboxylic acids is 2. The summed E-state index contributed by atoms with van der Waals surface area (Å²) < 4.78 is 10.7. The predicted octanol–water partition coefficient (Wildman–Crippen LogP) is 5.21. The molecule has 2 aliphatic heterocycles. The van der Waals surface area contributed by atoms with Gasteiger partial charge >= 0.3 is 0 Å². The van der Waals surface area contributed by atoms with E-state index in [-0.39, 0.29) is 25.0 Å². The smallest absolute Gasteiger partial charge is 0.269 e. The minimum absolute atomic E-state index is 0.0848. The van der Waals surface area contributed by atoms with Crippen LogP contribution in [0.15, 0.2) is 47.8 Å². The van der Waals surface area contributed by atoms with Gasteiger partial charge in [0.15, 0.2) is 11.5 Å². The Hall–Kier alpha value is -3.44. The Kier molecular flexibility index (Phi) is 6.12. The molecule has 6 rings (SSSR count). The number of amides is 2. The molecule has 8 nitrogen and oxygen atoms in total. The number of anilines is 2. The molecule has 0 saturated carbocycles. The molecule has 4 heterocycles. The number of rotatable bonds is 5. The van der Waals surface area contributed by atoms with Gasteiger partial charge in [-0.25, -0.2) is 15.8 Å². The van der Waals surface area contributed by atoms with Crippen LogP contribution in [0.2, 0.25) is 5.02 Å². The highest BCUT2D eigenvalue weighted by atomic mass is 35.5. The highest BCUT2D eigenvalue weighted by Gasteiger charge is 2.28. The van der Waals surface area contributed by atoms with E-state index in [4.69, 9.17) is 26.9 Å². The number of thiophene rings is 1. The van der Waals surface area contributed by atoms with Crippen molar-refractivity contribution in [2.24, 2.45) is 5.84 Å². The van der Waals surface area contributed by atoms with Crippen molar-refractivity contribution in [2.75, 3.05) is 23.2 Å². The van der Waals surface area contributed by atoms with Crippen LogP contribution in [0, 0.1) is 6.92 Å². The minimum atomic E-state index is -0.283. The van der Waals surface area contributed by atoms with E-state index in [1.165, 1.54) is 22.7 Å². The van der Waals surface area contributed by atoms with Gasteiger partial charge in [-0.3, -0.25) is 9.59 Å². The van der Waals surface area contributed by atoms with Crippen LogP contribution in [0.1, 0.15) is 25.7 Å². The Balaban J connectivity index is 1.20. The number of ether oxygens (including phenoxy) is 2. The molecule has 0 unspecified atom stereocenters. The molecule has 2 aromatic carbocycles. The van der Waals surface area contributed by atoms with Gasteiger partial charge in [0.25, 0.3) is 5.91 Å². The Morgan fingerprint density at radius 2 is 2.00 bits per heavy atom. The number of hydrazine groups is 1. The first-order chi connectivity index (χ1) is 17.9. The molecule has 0 saturated heterocycles. The van der Waals surface area contributed by atoms with Crippen LogP contribution < -0.4 is 25.2 Å². The molecule has 2 N–H and O–H groups in total. The Morgan fingerprint density at radius 1 is 1.16 bits per heavy atom. The minimum Gasteiger partial charge on any atom is -0.454 e. The number of hydrogen-bond donors (Lipinski definition) is 1. The van der Waals surface area contributed by atoms with Gasteiger partial charge < -0.3 is 14.4 Å².